The quantitative estimate of drug-likeness (QED) is 0.835. The monoisotopic (exact) mass is 253 g/mol. The lowest BCUT2D eigenvalue weighted by Gasteiger charge is -2.22. The van der Waals surface area contributed by atoms with Crippen LogP contribution in [0.1, 0.15) is 29.6 Å². The molecule has 0 saturated carbocycles. The molecule has 1 unspecified atom stereocenters. The highest BCUT2D eigenvalue weighted by atomic mass is 32.2. The zero-order valence-corrected chi connectivity index (χ0v) is 10.3. The number of carbonyl (C=O) groups is 1. The average Bonchev–Trinajstić information content (AvgIpc) is 2.38. The van der Waals surface area contributed by atoms with E-state index in [4.69, 9.17) is 9.84 Å². The normalized spacial score (nSPS) is 20.1. The molecule has 1 N–H and O–H groups in total. The summed E-state index contributed by atoms with van der Waals surface area (Å²) >= 11 is 1.46. The smallest absolute Gasteiger partial charge is 0.338 e. The van der Waals surface area contributed by atoms with E-state index < -0.39 is 5.97 Å². The predicted molar refractivity (Wildman–Crippen MR) is 65.5 cm³/mol. The highest BCUT2D eigenvalue weighted by Crippen LogP contribution is 2.24. The topological polar surface area (TPSA) is 59.4 Å². The Hall–Kier alpha value is -1.07. The van der Waals surface area contributed by atoms with E-state index in [2.05, 4.69) is 4.98 Å². The van der Waals surface area contributed by atoms with Crippen LogP contribution < -0.4 is 0 Å². The van der Waals surface area contributed by atoms with Crippen LogP contribution in [0, 0.1) is 0 Å². The number of hydrogen-bond acceptors (Lipinski definition) is 4. The van der Waals surface area contributed by atoms with Gasteiger partial charge in [0.05, 0.1) is 11.7 Å². The molecule has 17 heavy (non-hydrogen) atoms. The first-order valence-electron chi connectivity index (χ1n) is 5.70. The predicted octanol–water partition coefficient (Wildman–Crippen LogP) is 2.44. The standard InChI is InChI=1S/C12H15NO3S/c14-12(15)10-5-3-6-13-11(10)17-8-9-4-1-2-7-16-9/h3,5-6,9H,1-2,4,7-8H2,(H,14,15). The molecular weight excluding hydrogens is 238 g/mol. The maximum atomic E-state index is 11.0. The number of pyridine rings is 1. The SMILES string of the molecule is O=C(O)c1cccnc1SCC1CCCCO1. The highest BCUT2D eigenvalue weighted by Gasteiger charge is 2.17. The van der Waals surface area contributed by atoms with Gasteiger partial charge in [-0.15, -0.1) is 11.8 Å². The fourth-order valence-corrected chi connectivity index (χ4v) is 2.83. The van der Waals surface area contributed by atoms with E-state index in [0.29, 0.717) is 5.03 Å². The molecule has 2 heterocycles. The molecule has 0 spiro atoms. The molecule has 0 radical (unpaired) electrons. The Balaban J connectivity index is 1.96. The van der Waals surface area contributed by atoms with Crippen molar-refractivity contribution in [3.05, 3.63) is 23.9 Å². The Labute approximate surface area is 104 Å². The lowest BCUT2D eigenvalue weighted by Crippen LogP contribution is -2.21. The number of aromatic nitrogens is 1. The molecule has 0 amide bonds. The largest absolute Gasteiger partial charge is 0.478 e. The van der Waals surface area contributed by atoms with Crippen LogP contribution in [0.5, 0.6) is 0 Å². The van der Waals surface area contributed by atoms with Crippen molar-refractivity contribution < 1.29 is 14.6 Å². The number of nitrogens with zero attached hydrogens (tertiary/aromatic N) is 1. The van der Waals surface area contributed by atoms with Gasteiger partial charge in [0.2, 0.25) is 0 Å². The van der Waals surface area contributed by atoms with Gasteiger partial charge >= 0.3 is 5.97 Å². The Morgan fingerprint density at radius 3 is 3.18 bits per heavy atom. The molecule has 1 aliphatic heterocycles. The number of thioether (sulfide) groups is 1. The number of rotatable bonds is 4. The van der Waals surface area contributed by atoms with Crippen LogP contribution in [0.15, 0.2) is 23.4 Å². The lowest BCUT2D eigenvalue weighted by molar-refractivity contribution is 0.0315. The Morgan fingerprint density at radius 1 is 1.59 bits per heavy atom. The Kier molecular flexibility index (Phi) is 4.39. The maximum absolute atomic E-state index is 11.0. The number of ether oxygens (including phenoxy) is 1. The van der Waals surface area contributed by atoms with E-state index in [1.807, 2.05) is 0 Å². The van der Waals surface area contributed by atoms with Gasteiger partial charge < -0.3 is 9.84 Å². The van der Waals surface area contributed by atoms with Crippen LogP contribution in [0.4, 0.5) is 0 Å². The molecule has 1 saturated heterocycles. The number of carboxylic acid groups (broad SMARTS) is 1. The molecule has 1 aromatic rings. The van der Waals surface area contributed by atoms with Crippen LogP contribution in [0.2, 0.25) is 0 Å². The number of aromatic carboxylic acids is 1. The minimum absolute atomic E-state index is 0.234. The van der Waals surface area contributed by atoms with Crippen molar-refractivity contribution in [2.45, 2.75) is 30.4 Å². The Morgan fingerprint density at radius 2 is 2.47 bits per heavy atom. The third-order valence-electron chi connectivity index (χ3n) is 2.68. The van der Waals surface area contributed by atoms with Gasteiger partial charge in [-0.2, -0.15) is 0 Å². The summed E-state index contributed by atoms with van der Waals surface area (Å²) in [7, 11) is 0. The molecule has 1 aliphatic rings. The van der Waals surface area contributed by atoms with Gasteiger partial charge in [0.25, 0.3) is 0 Å². The van der Waals surface area contributed by atoms with E-state index >= 15 is 0 Å². The lowest BCUT2D eigenvalue weighted by atomic mass is 10.1. The zero-order valence-electron chi connectivity index (χ0n) is 9.46. The molecule has 1 fully saturated rings. The first-order valence-corrected chi connectivity index (χ1v) is 6.68. The van der Waals surface area contributed by atoms with Gasteiger partial charge in [-0.3, -0.25) is 0 Å². The maximum Gasteiger partial charge on any atom is 0.338 e. The zero-order chi connectivity index (χ0) is 12.1. The van der Waals surface area contributed by atoms with Crippen LogP contribution in [-0.2, 0) is 4.74 Å². The van der Waals surface area contributed by atoms with Gasteiger partial charge in [0.15, 0.2) is 0 Å². The summed E-state index contributed by atoms with van der Waals surface area (Å²) in [4.78, 5) is 15.1. The van der Waals surface area contributed by atoms with E-state index in [9.17, 15) is 4.79 Å². The van der Waals surface area contributed by atoms with Crippen molar-refractivity contribution in [3.8, 4) is 0 Å². The highest BCUT2D eigenvalue weighted by molar-refractivity contribution is 7.99. The van der Waals surface area contributed by atoms with E-state index in [1.54, 1.807) is 18.3 Å². The van der Waals surface area contributed by atoms with Gasteiger partial charge in [-0.1, -0.05) is 0 Å². The van der Waals surface area contributed by atoms with Crippen molar-refractivity contribution in [1.29, 1.82) is 0 Å². The second-order valence-electron chi connectivity index (χ2n) is 3.96. The first kappa shape index (κ1) is 12.4. The van der Waals surface area contributed by atoms with Crippen LogP contribution in [0.3, 0.4) is 0 Å². The van der Waals surface area contributed by atoms with Crippen molar-refractivity contribution in [3.63, 3.8) is 0 Å². The summed E-state index contributed by atoms with van der Waals surface area (Å²) in [6.45, 7) is 0.819. The van der Waals surface area contributed by atoms with Crippen molar-refractivity contribution in [2.75, 3.05) is 12.4 Å². The van der Waals surface area contributed by atoms with E-state index in [0.717, 1.165) is 25.2 Å². The molecule has 4 nitrogen and oxygen atoms in total. The number of carboxylic acids is 1. The molecule has 5 heteroatoms. The minimum Gasteiger partial charge on any atom is -0.478 e. The van der Waals surface area contributed by atoms with Gasteiger partial charge in [-0.25, -0.2) is 9.78 Å². The summed E-state index contributed by atoms with van der Waals surface area (Å²) < 4.78 is 5.60. The molecule has 0 aromatic carbocycles. The fraction of sp³-hybridized carbons (Fsp3) is 0.500. The van der Waals surface area contributed by atoms with Crippen LogP contribution in [-0.4, -0.2) is 34.5 Å². The molecule has 2 rings (SSSR count). The summed E-state index contributed by atoms with van der Waals surface area (Å²) in [5.74, 6) is -0.151. The molecular formula is C12H15NO3S. The number of hydrogen-bond donors (Lipinski definition) is 1. The van der Waals surface area contributed by atoms with Crippen LogP contribution in [0.25, 0.3) is 0 Å². The van der Waals surface area contributed by atoms with Crippen molar-refractivity contribution in [2.24, 2.45) is 0 Å². The minimum atomic E-state index is -0.926. The van der Waals surface area contributed by atoms with Gasteiger partial charge in [0.1, 0.15) is 5.03 Å². The Bertz CT molecular complexity index is 391. The second kappa shape index (κ2) is 6.02. The molecule has 1 atom stereocenters. The van der Waals surface area contributed by atoms with Crippen molar-refractivity contribution in [1.82, 2.24) is 4.98 Å². The third-order valence-corrected chi connectivity index (χ3v) is 3.82. The summed E-state index contributed by atoms with van der Waals surface area (Å²) in [5, 5.41) is 9.60. The van der Waals surface area contributed by atoms with Gasteiger partial charge in [-0.05, 0) is 31.4 Å². The summed E-state index contributed by atoms with van der Waals surface area (Å²) in [6, 6.07) is 3.23. The average molecular weight is 253 g/mol. The first-order chi connectivity index (χ1) is 8.27. The summed E-state index contributed by atoms with van der Waals surface area (Å²) in [6.07, 6.45) is 5.24. The fourth-order valence-electron chi connectivity index (χ4n) is 1.78. The molecule has 0 bridgehead atoms. The van der Waals surface area contributed by atoms with E-state index in [1.165, 1.54) is 18.2 Å². The second-order valence-corrected chi connectivity index (χ2v) is 4.97. The van der Waals surface area contributed by atoms with E-state index in [-0.39, 0.29) is 11.7 Å². The molecule has 92 valence electrons. The molecule has 0 aliphatic carbocycles. The van der Waals surface area contributed by atoms with Gasteiger partial charge in [0, 0.05) is 18.6 Å². The third kappa shape index (κ3) is 3.44. The van der Waals surface area contributed by atoms with Crippen molar-refractivity contribution >= 4 is 17.7 Å². The molecule has 1 aromatic heterocycles. The van der Waals surface area contributed by atoms with Crippen LogP contribution >= 0.6 is 11.8 Å². The summed E-state index contributed by atoms with van der Waals surface area (Å²) in [5.41, 5.74) is 0.272.